The molecule has 26 heavy (non-hydrogen) atoms. The van der Waals surface area contributed by atoms with Crippen LogP contribution in [-0.4, -0.2) is 54.5 Å². The number of methoxy groups -OCH3 is 1. The van der Waals surface area contributed by atoms with Gasteiger partial charge < -0.3 is 14.5 Å². The first-order chi connectivity index (χ1) is 12.6. The average Bonchev–Trinajstić information content (AvgIpc) is 2.66. The molecule has 3 rings (SSSR count). The second-order valence-corrected chi connectivity index (χ2v) is 8.17. The van der Waals surface area contributed by atoms with Gasteiger partial charge in [0, 0.05) is 18.6 Å². The first-order valence-electron chi connectivity index (χ1n) is 10.2. The number of hydrogen-bond acceptors (Lipinski definition) is 3. The van der Waals surface area contributed by atoms with E-state index in [1.54, 1.807) is 7.11 Å². The molecule has 2 atom stereocenters. The van der Waals surface area contributed by atoms with Crippen molar-refractivity contribution in [1.29, 1.82) is 0 Å². The molecule has 0 radical (unpaired) electrons. The summed E-state index contributed by atoms with van der Waals surface area (Å²) in [6.07, 6.45) is 7.01. The van der Waals surface area contributed by atoms with Crippen LogP contribution in [0.4, 0.5) is 0 Å². The third-order valence-electron chi connectivity index (χ3n) is 6.12. The van der Waals surface area contributed by atoms with Crippen LogP contribution in [0, 0.1) is 5.92 Å². The number of carbonyl (C=O) groups is 1. The van der Waals surface area contributed by atoms with E-state index in [9.17, 15) is 4.79 Å². The minimum absolute atomic E-state index is 0.248. The van der Waals surface area contributed by atoms with Crippen LogP contribution in [0.2, 0.25) is 0 Å². The first kappa shape index (κ1) is 19.2. The van der Waals surface area contributed by atoms with Crippen LogP contribution in [0.3, 0.4) is 0 Å². The van der Waals surface area contributed by atoms with Gasteiger partial charge in [0.05, 0.1) is 13.5 Å². The summed E-state index contributed by atoms with van der Waals surface area (Å²) in [6.45, 7) is 7.71. The lowest BCUT2D eigenvalue weighted by atomic mass is 9.83. The van der Waals surface area contributed by atoms with Crippen molar-refractivity contribution in [3.05, 3.63) is 29.8 Å². The van der Waals surface area contributed by atoms with Gasteiger partial charge in [0.15, 0.2) is 0 Å². The molecule has 2 fully saturated rings. The van der Waals surface area contributed by atoms with Crippen molar-refractivity contribution in [3.63, 3.8) is 0 Å². The highest BCUT2D eigenvalue weighted by atomic mass is 16.5. The number of ether oxygens (including phenoxy) is 1. The van der Waals surface area contributed by atoms with Gasteiger partial charge in [-0.25, -0.2) is 0 Å². The molecule has 0 unspecified atom stereocenters. The van der Waals surface area contributed by atoms with E-state index in [1.165, 1.54) is 45.2 Å². The molecule has 2 aliphatic heterocycles. The monoisotopic (exact) mass is 358 g/mol. The molecule has 0 bridgehead atoms. The lowest BCUT2D eigenvalue weighted by molar-refractivity contribution is -0.133. The molecule has 0 spiro atoms. The van der Waals surface area contributed by atoms with Gasteiger partial charge in [0.2, 0.25) is 5.91 Å². The summed E-state index contributed by atoms with van der Waals surface area (Å²) < 4.78 is 5.21. The predicted octanol–water partition coefficient (Wildman–Crippen LogP) is 3.74. The predicted molar refractivity (Wildman–Crippen MR) is 105 cm³/mol. The Morgan fingerprint density at radius 1 is 1.15 bits per heavy atom. The molecule has 2 heterocycles. The summed E-state index contributed by atoms with van der Waals surface area (Å²) >= 11 is 0. The Kier molecular flexibility index (Phi) is 6.58. The standard InChI is InChI=1S/C22H34N2O2/c1-17(2)24(22(25)15-18-9-11-20(26-3)12-10-18)16-19-7-6-14-23-13-5-4-8-21(19)23/h9-12,17,19,21H,4-8,13-16H2,1-3H3/t19-,21+/m1/s1. The van der Waals surface area contributed by atoms with Crippen molar-refractivity contribution in [2.75, 3.05) is 26.7 Å². The highest BCUT2D eigenvalue weighted by Crippen LogP contribution is 2.32. The van der Waals surface area contributed by atoms with Crippen LogP contribution in [0.25, 0.3) is 0 Å². The third kappa shape index (κ3) is 4.59. The van der Waals surface area contributed by atoms with Gasteiger partial charge in [0.25, 0.3) is 0 Å². The Bertz CT molecular complexity index is 582. The number of benzene rings is 1. The Morgan fingerprint density at radius 2 is 1.88 bits per heavy atom. The van der Waals surface area contributed by atoms with Crippen molar-refractivity contribution in [1.82, 2.24) is 9.80 Å². The number of amides is 1. The molecule has 0 aliphatic carbocycles. The molecule has 1 aromatic rings. The number of rotatable bonds is 6. The molecule has 0 aromatic heterocycles. The van der Waals surface area contributed by atoms with Crippen molar-refractivity contribution < 1.29 is 9.53 Å². The molecule has 2 aliphatic rings. The van der Waals surface area contributed by atoms with Crippen LogP contribution >= 0.6 is 0 Å². The van der Waals surface area contributed by atoms with Crippen LogP contribution in [0.1, 0.15) is 51.5 Å². The van der Waals surface area contributed by atoms with Gasteiger partial charge in [-0.3, -0.25) is 4.79 Å². The fourth-order valence-corrected chi connectivity index (χ4v) is 4.66. The minimum atomic E-state index is 0.248. The molecule has 4 heteroatoms. The molecule has 0 saturated carbocycles. The van der Waals surface area contributed by atoms with Crippen LogP contribution in [-0.2, 0) is 11.2 Å². The smallest absolute Gasteiger partial charge is 0.227 e. The first-order valence-corrected chi connectivity index (χ1v) is 10.2. The van der Waals surface area contributed by atoms with Gasteiger partial charge in [-0.15, -0.1) is 0 Å². The lowest BCUT2D eigenvalue weighted by Gasteiger charge is -2.46. The molecular formula is C22H34N2O2. The van der Waals surface area contributed by atoms with E-state index in [1.807, 2.05) is 24.3 Å². The molecule has 2 saturated heterocycles. The minimum Gasteiger partial charge on any atom is -0.497 e. The Balaban J connectivity index is 1.64. The largest absolute Gasteiger partial charge is 0.497 e. The van der Waals surface area contributed by atoms with E-state index >= 15 is 0 Å². The van der Waals surface area contributed by atoms with Crippen molar-refractivity contribution in [2.45, 2.75) is 64.5 Å². The fourth-order valence-electron chi connectivity index (χ4n) is 4.66. The summed E-state index contributed by atoms with van der Waals surface area (Å²) in [5.41, 5.74) is 1.06. The molecule has 1 aromatic carbocycles. The maximum atomic E-state index is 13.0. The summed E-state index contributed by atoms with van der Waals surface area (Å²) in [4.78, 5) is 17.8. The number of fused-ring (bicyclic) bond motifs is 1. The molecule has 1 amide bonds. The zero-order chi connectivity index (χ0) is 18.5. The second kappa shape index (κ2) is 8.90. The van der Waals surface area contributed by atoms with E-state index in [2.05, 4.69) is 23.6 Å². The number of piperidine rings is 2. The van der Waals surface area contributed by atoms with E-state index in [4.69, 9.17) is 4.74 Å². The highest BCUT2D eigenvalue weighted by molar-refractivity contribution is 5.79. The lowest BCUT2D eigenvalue weighted by Crippen LogP contribution is -2.52. The summed E-state index contributed by atoms with van der Waals surface area (Å²) in [6, 6.07) is 8.80. The summed E-state index contributed by atoms with van der Waals surface area (Å²) in [5, 5.41) is 0. The van der Waals surface area contributed by atoms with Gasteiger partial charge in [0.1, 0.15) is 5.75 Å². The normalized spacial score (nSPS) is 23.5. The number of hydrogen-bond donors (Lipinski definition) is 0. The topological polar surface area (TPSA) is 32.8 Å². The highest BCUT2D eigenvalue weighted by Gasteiger charge is 2.35. The summed E-state index contributed by atoms with van der Waals surface area (Å²) in [7, 11) is 1.67. The van der Waals surface area contributed by atoms with Gasteiger partial charge >= 0.3 is 0 Å². The van der Waals surface area contributed by atoms with E-state index in [0.29, 0.717) is 18.4 Å². The average molecular weight is 359 g/mol. The van der Waals surface area contributed by atoms with E-state index in [-0.39, 0.29) is 11.9 Å². The second-order valence-electron chi connectivity index (χ2n) is 8.17. The van der Waals surface area contributed by atoms with Gasteiger partial charge in [-0.2, -0.15) is 0 Å². The molecule has 0 N–H and O–H groups in total. The summed E-state index contributed by atoms with van der Waals surface area (Å²) in [5.74, 6) is 1.71. The Hall–Kier alpha value is -1.55. The van der Waals surface area contributed by atoms with Crippen molar-refractivity contribution >= 4 is 5.91 Å². The molecular weight excluding hydrogens is 324 g/mol. The van der Waals surface area contributed by atoms with Crippen LogP contribution in [0.5, 0.6) is 5.75 Å². The van der Waals surface area contributed by atoms with E-state index in [0.717, 1.165) is 17.9 Å². The Labute approximate surface area is 158 Å². The van der Waals surface area contributed by atoms with Gasteiger partial charge in [-0.05, 0) is 76.2 Å². The van der Waals surface area contributed by atoms with Crippen LogP contribution < -0.4 is 4.74 Å². The molecule has 4 nitrogen and oxygen atoms in total. The zero-order valence-corrected chi connectivity index (χ0v) is 16.6. The maximum absolute atomic E-state index is 13.0. The molecule has 144 valence electrons. The van der Waals surface area contributed by atoms with E-state index < -0.39 is 0 Å². The number of nitrogens with zero attached hydrogens (tertiary/aromatic N) is 2. The Morgan fingerprint density at radius 3 is 2.58 bits per heavy atom. The van der Waals surface area contributed by atoms with Crippen molar-refractivity contribution in [2.24, 2.45) is 5.92 Å². The quantitative estimate of drug-likeness (QED) is 0.777. The van der Waals surface area contributed by atoms with Crippen molar-refractivity contribution in [3.8, 4) is 5.75 Å². The number of carbonyl (C=O) groups excluding carboxylic acids is 1. The van der Waals surface area contributed by atoms with Gasteiger partial charge in [-0.1, -0.05) is 18.6 Å². The SMILES string of the molecule is COc1ccc(CC(=O)N(C[C@H]2CCCN3CCCC[C@@H]23)C(C)C)cc1. The maximum Gasteiger partial charge on any atom is 0.227 e. The van der Waals surface area contributed by atoms with Crippen LogP contribution in [0.15, 0.2) is 24.3 Å². The zero-order valence-electron chi connectivity index (χ0n) is 16.6. The third-order valence-corrected chi connectivity index (χ3v) is 6.12. The fraction of sp³-hybridized carbons (Fsp3) is 0.682.